The van der Waals surface area contributed by atoms with Gasteiger partial charge >= 0.3 is 5.97 Å². The molecule has 0 atom stereocenters. The summed E-state index contributed by atoms with van der Waals surface area (Å²) in [5, 5.41) is 11.4. The summed E-state index contributed by atoms with van der Waals surface area (Å²) in [6.07, 6.45) is 4.04. The molecule has 0 aliphatic carbocycles. The van der Waals surface area contributed by atoms with Crippen LogP contribution in [-0.2, 0) is 17.8 Å². The molecule has 1 N–H and O–H groups in total. The lowest BCUT2D eigenvalue weighted by molar-refractivity contribution is -0.688. The van der Waals surface area contributed by atoms with Gasteiger partial charge in [-0.05, 0) is 0 Å². The molecule has 0 saturated heterocycles. The van der Waals surface area contributed by atoms with Crippen LogP contribution in [0.5, 0.6) is 0 Å². The molecular formula is C17H15ClN2O2S. The molecule has 0 aliphatic heterocycles. The number of benzene rings is 1. The number of thiazole rings is 1. The summed E-state index contributed by atoms with van der Waals surface area (Å²) in [7, 11) is 0. The number of rotatable bonds is 5. The van der Waals surface area contributed by atoms with Crippen LogP contribution >= 0.6 is 11.3 Å². The van der Waals surface area contributed by atoms with Crippen molar-refractivity contribution < 1.29 is 26.9 Å². The summed E-state index contributed by atoms with van der Waals surface area (Å²) in [6, 6.07) is 14.2. The van der Waals surface area contributed by atoms with Crippen LogP contribution in [0.1, 0.15) is 11.3 Å². The third kappa shape index (κ3) is 4.61. The molecule has 2 heterocycles. The van der Waals surface area contributed by atoms with Crippen LogP contribution < -0.4 is 17.0 Å². The number of carboxylic acids is 1. The molecular weight excluding hydrogens is 332 g/mol. The summed E-state index contributed by atoms with van der Waals surface area (Å²) in [5.41, 5.74) is 2.84. The smallest absolute Gasteiger partial charge is 0.309 e. The molecule has 0 fully saturated rings. The van der Waals surface area contributed by atoms with E-state index >= 15 is 0 Å². The predicted octanol–water partition coefficient (Wildman–Crippen LogP) is -0.223. The molecule has 118 valence electrons. The van der Waals surface area contributed by atoms with Crippen molar-refractivity contribution in [1.29, 1.82) is 0 Å². The SMILES string of the molecule is O=C(O)Cc1csc(-c2ccc(C[n+]3ccccc3)cc2)n1.[Cl-]. The van der Waals surface area contributed by atoms with Crippen LogP contribution in [0.3, 0.4) is 0 Å². The second-order valence-corrected chi connectivity index (χ2v) is 5.82. The van der Waals surface area contributed by atoms with Gasteiger partial charge in [0.25, 0.3) is 0 Å². The molecule has 0 saturated carbocycles. The zero-order valence-corrected chi connectivity index (χ0v) is 13.8. The second-order valence-electron chi connectivity index (χ2n) is 4.96. The molecule has 2 aromatic heterocycles. The minimum absolute atomic E-state index is 0. The van der Waals surface area contributed by atoms with Crippen LogP contribution in [0.25, 0.3) is 10.6 Å². The zero-order chi connectivity index (χ0) is 15.4. The topological polar surface area (TPSA) is 54.1 Å². The van der Waals surface area contributed by atoms with E-state index in [1.165, 1.54) is 16.9 Å². The van der Waals surface area contributed by atoms with Gasteiger partial charge in [0.1, 0.15) is 5.01 Å². The normalized spacial score (nSPS) is 10.1. The van der Waals surface area contributed by atoms with E-state index in [2.05, 4.69) is 21.7 Å². The van der Waals surface area contributed by atoms with Gasteiger partial charge in [-0.1, -0.05) is 30.3 Å². The first-order chi connectivity index (χ1) is 10.7. The molecule has 23 heavy (non-hydrogen) atoms. The average molecular weight is 347 g/mol. The molecule has 3 aromatic rings. The average Bonchev–Trinajstić information content (AvgIpc) is 2.97. The number of hydrogen-bond acceptors (Lipinski definition) is 3. The number of aromatic nitrogens is 2. The fourth-order valence-corrected chi connectivity index (χ4v) is 3.00. The molecule has 3 rings (SSSR count). The highest BCUT2D eigenvalue weighted by Gasteiger charge is 2.08. The minimum Gasteiger partial charge on any atom is -1.00 e. The maximum absolute atomic E-state index is 10.7. The quantitative estimate of drug-likeness (QED) is 0.650. The molecule has 4 nitrogen and oxygen atoms in total. The highest BCUT2D eigenvalue weighted by Crippen LogP contribution is 2.24. The number of halogens is 1. The predicted molar refractivity (Wildman–Crippen MR) is 84.6 cm³/mol. The Balaban J connectivity index is 0.00000192. The number of carboxylic acid groups (broad SMARTS) is 1. The van der Waals surface area contributed by atoms with Crippen molar-refractivity contribution >= 4 is 17.3 Å². The third-order valence-electron chi connectivity index (χ3n) is 3.23. The van der Waals surface area contributed by atoms with E-state index in [0.29, 0.717) is 5.69 Å². The Bertz CT molecular complexity index is 773. The van der Waals surface area contributed by atoms with Crippen LogP contribution in [0.2, 0.25) is 0 Å². The molecule has 0 aliphatic rings. The minimum atomic E-state index is -0.855. The Labute approximate surface area is 144 Å². The van der Waals surface area contributed by atoms with E-state index in [1.807, 2.05) is 42.7 Å². The molecule has 0 spiro atoms. The van der Waals surface area contributed by atoms with Crippen molar-refractivity contribution in [3.8, 4) is 10.6 Å². The molecule has 6 heteroatoms. The molecule has 0 radical (unpaired) electrons. The highest BCUT2D eigenvalue weighted by molar-refractivity contribution is 7.13. The lowest BCUT2D eigenvalue weighted by Gasteiger charge is -2.00. The van der Waals surface area contributed by atoms with Gasteiger partial charge in [0.05, 0.1) is 12.1 Å². The second kappa shape index (κ2) is 7.85. The van der Waals surface area contributed by atoms with Crippen LogP contribution in [-0.4, -0.2) is 16.1 Å². The summed E-state index contributed by atoms with van der Waals surface area (Å²) in [5.74, 6) is -0.855. The first-order valence-corrected chi connectivity index (χ1v) is 7.78. The fraction of sp³-hybridized carbons (Fsp3) is 0.118. The van der Waals surface area contributed by atoms with Gasteiger partial charge < -0.3 is 17.5 Å². The first kappa shape index (κ1) is 17.1. The zero-order valence-electron chi connectivity index (χ0n) is 12.2. The van der Waals surface area contributed by atoms with E-state index in [0.717, 1.165) is 17.1 Å². The van der Waals surface area contributed by atoms with Crippen molar-refractivity contribution in [1.82, 2.24) is 4.98 Å². The summed E-state index contributed by atoms with van der Waals surface area (Å²) >= 11 is 1.47. The summed E-state index contributed by atoms with van der Waals surface area (Å²) in [6.45, 7) is 0.823. The Hall–Kier alpha value is -2.24. The van der Waals surface area contributed by atoms with Crippen molar-refractivity contribution in [2.45, 2.75) is 13.0 Å². The van der Waals surface area contributed by atoms with Gasteiger partial charge in [-0.25, -0.2) is 9.55 Å². The molecule has 0 amide bonds. The van der Waals surface area contributed by atoms with Gasteiger partial charge in [-0.15, -0.1) is 11.3 Å². The highest BCUT2D eigenvalue weighted by atomic mass is 35.5. The summed E-state index contributed by atoms with van der Waals surface area (Å²) < 4.78 is 2.11. The molecule has 0 bridgehead atoms. The van der Waals surface area contributed by atoms with Gasteiger partial charge in [0.15, 0.2) is 18.9 Å². The van der Waals surface area contributed by atoms with Gasteiger partial charge in [0.2, 0.25) is 0 Å². The van der Waals surface area contributed by atoms with E-state index in [4.69, 9.17) is 5.11 Å². The standard InChI is InChI=1S/C17H14N2O2S.ClH/c20-16(21)10-15-12-22-17(18-15)14-6-4-13(5-7-14)11-19-8-2-1-3-9-19;/h1-9,12H,10-11H2;1H. The Morgan fingerprint density at radius 3 is 2.48 bits per heavy atom. The van der Waals surface area contributed by atoms with E-state index < -0.39 is 5.97 Å². The van der Waals surface area contributed by atoms with Gasteiger partial charge in [0, 0.05) is 28.6 Å². The Morgan fingerprint density at radius 2 is 1.83 bits per heavy atom. The first-order valence-electron chi connectivity index (χ1n) is 6.90. The number of pyridine rings is 1. The lowest BCUT2D eigenvalue weighted by atomic mass is 10.1. The van der Waals surface area contributed by atoms with E-state index in [9.17, 15) is 4.79 Å². The fourth-order valence-electron chi connectivity index (χ4n) is 2.18. The van der Waals surface area contributed by atoms with E-state index in [1.54, 1.807) is 5.38 Å². The number of carbonyl (C=O) groups is 1. The van der Waals surface area contributed by atoms with E-state index in [-0.39, 0.29) is 18.8 Å². The maximum atomic E-state index is 10.7. The summed E-state index contributed by atoms with van der Waals surface area (Å²) in [4.78, 5) is 15.1. The van der Waals surface area contributed by atoms with Crippen molar-refractivity contribution in [2.75, 3.05) is 0 Å². The Morgan fingerprint density at radius 1 is 1.13 bits per heavy atom. The van der Waals surface area contributed by atoms with Crippen molar-refractivity contribution in [2.24, 2.45) is 0 Å². The largest absolute Gasteiger partial charge is 1.00 e. The molecule has 1 aromatic carbocycles. The lowest BCUT2D eigenvalue weighted by Crippen LogP contribution is -3.00. The Kier molecular flexibility index (Phi) is 5.84. The van der Waals surface area contributed by atoms with Crippen LogP contribution in [0.15, 0.2) is 60.2 Å². The monoisotopic (exact) mass is 346 g/mol. The van der Waals surface area contributed by atoms with Crippen LogP contribution in [0, 0.1) is 0 Å². The number of aliphatic carboxylic acids is 1. The van der Waals surface area contributed by atoms with Gasteiger partial charge in [-0.3, -0.25) is 4.79 Å². The number of nitrogens with zero attached hydrogens (tertiary/aromatic N) is 2. The van der Waals surface area contributed by atoms with Crippen molar-refractivity contribution in [3.05, 3.63) is 71.5 Å². The maximum Gasteiger partial charge on any atom is 0.309 e. The third-order valence-corrected chi connectivity index (χ3v) is 4.17. The van der Waals surface area contributed by atoms with Crippen LogP contribution in [0.4, 0.5) is 0 Å². The number of hydrogen-bond donors (Lipinski definition) is 1. The van der Waals surface area contributed by atoms with Crippen molar-refractivity contribution in [3.63, 3.8) is 0 Å². The van der Waals surface area contributed by atoms with Gasteiger partial charge in [-0.2, -0.15) is 0 Å². The molecule has 0 unspecified atom stereocenters.